The molecule has 2 aromatic carbocycles. The second kappa shape index (κ2) is 5.30. The smallest absolute Gasteiger partial charge is 0.106 e. The Morgan fingerprint density at radius 2 is 2.14 bits per heavy atom. The number of benzene rings is 2. The molecule has 3 nitrogen and oxygen atoms in total. The highest BCUT2D eigenvalue weighted by Crippen LogP contribution is 2.36. The van der Waals surface area contributed by atoms with Crippen LogP contribution in [0.25, 0.3) is 10.2 Å². The van der Waals surface area contributed by atoms with Gasteiger partial charge in [0.1, 0.15) is 5.52 Å². The Morgan fingerprint density at radius 1 is 1.24 bits per heavy atom. The molecule has 1 aliphatic heterocycles. The highest BCUT2D eigenvalue weighted by molar-refractivity contribution is 7.16. The van der Waals surface area contributed by atoms with Gasteiger partial charge in [-0.25, -0.2) is 4.98 Å². The van der Waals surface area contributed by atoms with Crippen molar-refractivity contribution in [1.29, 1.82) is 0 Å². The fourth-order valence-corrected chi connectivity index (χ4v) is 3.61. The summed E-state index contributed by atoms with van der Waals surface area (Å²) in [5.41, 5.74) is 6.16. The van der Waals surface area contributed by atoms with Crippen LogP contribution in [0.15, 0.2) is 41.9 Å². The molecule has 21 heavy (non-hydrogen) atoms. The molecule has 0 fully saturated rings. The van der Waals surface area contributed by atoms with Gasteiger partial charge in [-0.05, 0) is 23.3 Å². The third-order valence-electron chi connectivity index (χ3n) is 3.74. The minimum absolute atomic E-state index is 0.0970. The maximum absolute atomic E-state index is 6.37. The quantitative estimate of drug-likeness (QED) is 0.748. The van der Waals surface area contributed by atoms with E-state index < -0.39 is 0 Å². The normalized spacial score (nSPS) is 17.7. The van der Waals surface area contributed by atoms with E-state index in [-0.39, 0.29) is 6.04 Å². The van der Waals surface area contributed by atoms with Crippen molar-refractivity contribution in [2.45, 2.75) is 12.6 Å². The number of halogens is 1. The Bertz CT molecular complexity index is 802. The summed E-state index contributed by atoms with van der Waals surface area (Å²) in [5, 5.41) is 4.21. The zero-order valence-corrected chi connectivity index (χ0v) is 12.7. The molecule has 1 aliphatic rings. The number of nitrogens with zero attached hydrogens (tertiary/aromatic N) is 1. The predicted octanol–water partition coefficient (Wildman–Crippen LogP) is 4.63. The van der Waals surface area contributed by atoms with Gasteiger partial charge in [0.05, 0.1) is 40.2 Å². The minimum Gasteiger partial charge on any atom is -0.374 e. The second-order valence-corrected chi connectivity index (χ2v) is 6.33. The third-order valence-corrected chi connectivity index (χ3v) is 4.85. The summed E-state index contributed by atoms with van der Waals surface area (Å²) in [6.07, 6.45) is 0. The molecule has 3 aromatic rings. The van der Waals surface area contributed by atoms with Crippen molar-refractivity contribution in [3.63, 3.8) is 0 Å². The van der Waals surface area contributed by atoms with Crippen LogP contribution in [0.3, 0.4) is 0 Å². The van der Waals surface area contributed by atoms with E-state index in [1.807, 2.05) is 23.7 Å². The maximum atomic E-state index is 6.37. The number of hydrogen-bond donors (Lipinski definition) is 1. The first-order valence-electron chi connectivity index (χ1n) is 6.77. The van der Waals surface area contributed by atoms with Crippen LogP contribution in [0.2, 0.25) is 5.02 Å². The number of aromatic nitrogens is 1. The Labute approximate surface area is 131 Å². The molecule has 0 spiro atoms. The predicted molar refractivity (Wildman–Crippen MR) is 87.1 cm³/mol. The molecule has 5 heteroatoms. The van der Waals surface area contributed by atoms with Gasteiger partial charge in [0.25, 0.3) is 0 Å². The molecule has 1 unspecified atom stereocenters. The average Bonchev–Trinajstić information content (AvgIpc) is 2.99. The molecule has 0 saturated heterocycles. The van der Waals surface area contributed by atoms with Crippen LogP contribution < -0.4 is 5.32 Å². The molecule has 0 amide bonds. The molecule has 106 valence electrons. The highest BCUT2D eigenvalue weighted by Gasteiger charge is 2.22. The molecule has 2 heterocycles. The Hall–Kier alpha value is -1.62. The number of fused-ring (bicyclic) bond motifs is 2. The largest absolute Gasteiger partial charge is 0.374 e. The topological polar surface area (TPSA) is 34.2 Å². The van der Waals surface area contributed by atoms with E-state index in [1.165, 1.54) is 11.1 Å². The van der Waals surface area contributed by atoms with Gasteiger partial charge < -0.3 is 10.1 Å². The van der Waals surface area contributed by atoms with E-state index >= 15 is 0 Å². The summed E-state index contributed by atoms with van der Waals surface area (Å²) < 4.78 is 6.82. The fraction of sp³-hybridized carbons (Fsp3) is 0.188. The van der Waals surface area contributed by atoms with Crippen LogP contribution in [0, 0.1) is 0 Å². The minimum atomic E-state index is 0.0970. The maximum Gasteiger partial charge on any atom is 0.106 e. The lowest BCUT2D eigenvalue weighted by Crippen LogP contribution is -2.23. The van der Waals surface area contributed by atoms with Crippen molar-refractivity contribution in [2.24, 2.45) is 0 Å². The van der Waals surface area contributed by atoms with Crippen LogP contribution in [0.4, 0.5) is 5.69 Å². The number of ether oxygens (including phenoxy) is 1. The van der Waals surface area contributed by atoms with Gasteiger partial charge in [0.15, 0.2) is 0 Å². The monoisotopic (exact) mass is 316 g/mol. The first-order chi connectivity index (χ1) is 10.3. The molecular weight excluding hydrogens is 304 g/mol. The number of nitrogens with one attached hydrogen (secondary N) is 1. The van der Waals surface area contributed by atoms with E-state index in [4.69, 9.17) is 16.3 Å². The first-order valence-corrected chi connectivity index (χ1v) is 8.02. The van der Waals surface area contributed by atoms with Crippen molar-refractivity contribution >= 4 is 38.8 Å². The lowest BCUT2D eigenvalue weighted by molar-refractivity contribution is 0.0970. The highest BCUT2D eigenvalue weighted by atomic mass is 35.5. The fourth-order valence-electron chi connectivity index (χ4n) is 2.72. The van der Waals surface area contributed by atoms with Crippen molar-refractivity contribution in [2.75, 3.05) is 11.9 Å². The standard InChI is InChI=1S/C16H13ClN2OS/c17-12-5-6-14-16(18-9-21-14)15(12)19-13-8-20-7-10-3-1-2-4-11(10)13/h1-6,9,13,19H,7-8H2. The van der Waals surface area contributed by atoms with Crippen molar-refractivity contribution < 1.29 is 4.74 Å². The summed E-state index contributed by atoms with van der Waals surface area (Å²) >= 11 is 7.98. The van der Waals surface area contributed by atoms with Crippen LogP contribution >= 0.6 is 22.9 Å². The van der Waals surface area contributed by atoms with E-state index in [0.29, 0.717) is 18.2 Å². The molecular formula is C16H13ClN2OS. The van der Waals surface area contributed by atoms with Gasteiger partial charge in [-0.3, -0.25) is 0 Å². The zero-order chi connectivity index (χ0) is 14.2. The summed E-state index contributed by atoms with van der Waals surface area (Å²) in [5.74, 6) is 0. The van der Waals surface area contributed by atoms with E-state index in [2.05, 4.69) is 28.5 Å². The molecule has 1 N–H and O–H groups in total. The number of hydrogen-bond acceptors (Lipinski definition) is 4. The summed E-state index contributed by atoms with van der Waals surface area (Å²) in [4.78, 5) is 4.43. The Kier molecular flexibility index (Phi) is 3.30. The average molecular weight is 317 g/mol. The van der Waals surface area contributed by atoms with Gasteiger partial charge in [-0.1, -0.05) is 35.9 Å². The lowest BCUT2D eigenvalue weighted by atomic mass is 9.99. The van der Waals surface area contributed by atoms with E-state index in [9.17, 15) is 0 Å². The lowest BCUT2D eigenvalue weighted by Gasteiger charge is -2.27. The van der Waals surface area contributed by atoms with Crippen molar-refractivity contribution in [1.82, 2.24) is 4.98 Å². The second-order valence-electron chi connectivity index (χ2n) is 5.03. The van der Waals surface area contributed by atoms with Gasteiger partial charge in [-0.15, -0.1) is 11.3 Å². The third kappa shape index (κ3) is 2.29. The van der Waals surface area contributed by atoms with E-state index in [1.54, 1.807) is 11.3 Å². The van der Waals surface area contributed by atoms with Crippen LogP contribution in [-0.4, -0.2) is 11.6 Å². The Balaban J connectivity index is 1.76. The molecule has 0 aliphatic carbocycles. The van der Waals surface area contributed by atoms with Crippen molar-refractivity contribution in [3.8, 4) is 0 Å². The molecule has 1 atom stereocenters. The molecule has 0 saturated carbocycles. The van der Waals surface area contributed by atoms with Crippen molar-refractivity contribution in [3.05, 3.63) is 58.1 Å². The summed E-state index contributed by atoms with van der Waals surface area (Å²) in [6, 6.07) is 12.4. The molecule has 0 radical (unpaired) electrons. The molecule has 4 rings (SSSR count). The molecule has 0 bridgehead atoms. The van der Waals surface area contributed by atoms with Gasteiger partial charge in [0.2, 0.25) is 0 Å². The van der Waals surface area contributed by atoms with E-state index in [0.717, 1.165) is 15.9 Å². The number of thiazole rings is 1. The van der Waals surface area contributed by atoms with Crippen LogP contribution in [0.5, 0.6) is 0 Å². The SMILES string of the molecule is Clc1ccc2scnc2c1NC1COCc2ccccc21. The number of rotatable bonds is 2. The van der Waals surface area contributed by atoms with Crippen LogP contribution in [0.1, 0.15) is 17.2 Å². The van der Waals surface area contributed by atoms with Gasteiger partial charge >= 0.3 is 0 Å². The van der Waals surface area contributed by atoms with Gasteiger partial charge in [0, 0.05) is 0 Å². The van der Waals surface area contributed by atoms with Gasteiger partial charge in [-0.2, -0.15) is 0 Å². The first kappa shape index (κ1) is 13.1. The number of anilines is 1. The summed E-state index contributed by atoms with van der Waals surface area (Å²) in [6.45, 7) is 1.30. The van der Waals surface area contributed by atoms with Crippen LogP contribution in [-0.2, 0) is 11.3 Å². The molecule has 1 aromatic heterocycles. The summed E-state index contributed by atoms with van der Waals surface area (Å²) in [7, 11) is 0. The zero-order valence-electron chi connectivity index (χ0n) is 11.2. The Morgan fingerprint density at radius 3 is 3.10 bits per heavy atom.